The molecule has 6 heteroatoms. The van der Waals surface area contributed by atoms with E-state index in [1.807, 2.05) is 0 Å². The molecule has 1 N–H and O–H groups in total. The van der Waals surface area contributed by atoms with Crippen LogP contribution in [0.25, 0.3) is 6.08 Å². The van der Waals surface area contributed by atoms with Crippen molar-refractivity contribution in [3.05, 3.63) is 39.9 Å². The molecular formula is C13H13Cl2NO3. The zero-order chi connectivity index (χ0) is 14.3. The lowest BCUT2D eigenvalue weighted by Gasteiger charge is -2.02. The van der Waals surface area contributed by atoms with Crippen molar-refractivity contribution in [2.45, 2.75) is 6.42 Å². The summed E-state index contributed by atoms with van der Waals surface area (Å²) in [5.41, 5.74) is 0.578. The van der Waals surface area contributed by atoms with Crippen molar-refractivity contribution in [2.24, 2.45) is 0 Å². The summed E-state index contributed by atoms with van der Waals surface area (Å²) in [4.78, 5) is 22.3. The number of ether oxygens (including phenoxy) is 1. The molecule has 0 aliphatic heterocycles. The third-order valence-electron chi connectivity index (χ3n) is 2.26. The van der Waals surface area contributed by atoms with Crippen molar-refractivity contribution >= 4 is 41.2 Å². The average molecular weight is 302 g/mol. The van der Waals surface area contributed by atoms with Gasteiger partial charge in [-0.05, 0) is 18.2 Å². The molecule has 0 saturated carbocycles. The number of carbonyl (C=O) groups is 2. The maximum Gasteiger partial charge on any atom is 0.307 e. The second kappa shape index (κ2) is 7.81. The van der Waals surface area contributed by atoms with Gasteiger partial charge in [-0.25, -0.2) is 0 Å². The molecule has 0 spiro atoms. The molecule has 0 saturated heterocycles. The molecule has 0 heterocycles. The summed E-state index contributed by atoms with van der Waals surface area (Å²) >= 11 is 11.9. The van der Waals surface area contributed by atoms with E-state index in [9.17, 15) is 9.59 Å². The number of hydrogen-bond donors (Lipinski definition) is 1. The highest BCUT2D eigenvalue weighted by Crippen LogP contribution is 2.25. The Bertz CT molecular complexity index is 480. The summed E-state index contributed by atoms with van der Waals surface area (Å²) in [7, 11) is 1.30. The highest BCUT2D eigenvalue weighted by atomic mass is 35.5. The first kappa shape index (κ1) is 15.5. The molecule has 0 radical (unpaired) electrons. The molecule has 19 heavy (non-hydrogen) atoms. The third-order valence-corrected chi connectivity index (χ3v) is 2.92. The SMILES string of the molecule is COC(=O)CCNC(=O)/C=C/c1c(Cl)cccc1Cl. The van der Waals surface area contributed by atoms with Crippen LogP contribution in [0.4, 0.5) is 0 Å². The lowest BCUT2D eigenvalue weighted by molar-refractivity contribution is -0.140. The van der Waals surface area contributed by atoms with Crippen molar-refractivity contribution in [1.82, 2.24) is 5.32 Å². The fourth-order valence-electron chi connectivity index (χ4n) is 1.28. The fraction of sp³-hybridized carbons (Fsp3) is 0.231. The van der Waals surface area contributed by atoms with Crippen LogP contribution >= 0.6 is 23.2 Å². The Kier molecular flexibility index (Phi) is 6.39. The number of methoxy groups -OCH3 is 1. The van der Waals surface area contributed by atoms with Crippen LogP contribution in [0.1, 0.15) is 12.0 Å². The van der Waals surface area contributed by atoms with Crippen molar-refractivity contribution in [3.63, 3.8) is 0 Å². The van der Waals surface area contributed by atoms with Crippen molar-refractivity contribution in [1.29, 1.82) is 0 Å². The van der Waals surface area contributed by atoms with Gasteiger partial charge in [0.2, 0.25) is 5.91 Å². The molecule has 0 atom stereocenters. The molecule has 4 nitrogen and oxygen atoms in total. The molecule has 0 bridgehead atoms. The van der Waals surface area contributed by atoms with E-state index in [2.05, 4.69) is 10.1 Å². The van der Waals surface area contributed by atoms with E-state index in [-0.39, 0.29) is 24.8 Å². The van der Waals surface area contributed by atoms with E-state index in [0.29, 0.717) is 15.6 Å². The van der Waals surface area contributed by atoms with Crippen LogP contribution in [0.5, 0.6) is 0 Å². The monoisotopic (exact) mass is 301 g/mol. The molecule has 0 aromatic heterocycles. The first-order chi connectivity index (χ1) is 9.04. The van der Waals surface area contributed by atoms with E-state index in [1.54, 1.807) is 18.2 Å². The Morgan fingerprint density at radius 3 is 2.53 bits per heavy atom. The lowest BCUT2D eigenvalue weighted by Crippen LogP contribution is -2.24. The van der Waals surface area contributed by atoms with Crippen LogP contribution in [0, 0.1) is 0 Å². The summed E-state index contributed by atoms with van der Waals surface area (Å²) in [6.45, 7) is 0.214. The van der Waals surface area contributed by atoms with Gasteiger partial charge in [0.15, 0.2) is 0 Å². The van der Waals surface area contributed by atoms with Gasteiger partial charge in [0.1, 0.15) is 0 Å². The van der Waals surface area contributed by atoms with Crippen LogP contribution in [-0.4, -0.2) is 25.5 Å². The number of carbonyl (C=O) groups excluding carboxylic acids is 2. The van der Waals surface area contributed by atoms with Gasteiger partial charge in [-0.3, -0.25) is 9.59 Å². The molecule has 1 aromatic rings. The number of halogens is 2. The van der Waals surface area contributed by atoms with Gasteiger partial charge in [0, 0.05) is 28.2 Å². The highest BCUT2D eigenvalue weighted by Gasteiger charge is 2.03. The zero-order valence-electron chi connectivity index (χ0n) is 10.3. The number of rotatable bonds is 5. The van der Waals surface area contributed by atoms with E-state index in [1.165, 1.54) is 19.3 Å². The maximum absolute atomic E-state index is 11.5. The van der Waals surface area contributed by atoms with Crippen molar-refractivity contribution in [3.8, 4) is 0 Å². The summed E-state index contributed by atoms with van der Waals surface area (Å²) in [6.07, 6.45) is 2.96. The minimum Gasteiger partial charge on any atom is -0.469 e. The first-order valence-electron chi connectivity index (χ1n) is 5.51. The highest BCUT2D eigenvalue weighted by molar-refractivity contribution is 6.37. The topological polar surface area (TPSA) is 55.4 Å². The van der Waals surface area contributed by atoms with Gasteiger partial charge < -0.3 is 10.1 Å². The number of nitrogens with one attached hydrogen (secondary N) is 1. The van der Waals surface area contributed by atoms with E-state index < -0.39 is 0 Å². The minimum atomic E-state index is -0.376. The van der Waals surface area contributed by atoms with Crippen LogP contribution in [0.15, 0.2) is 24.3 Å². The van der Waals surface area contributed by atoms with Crippen LogP contribution in [0.3, 0.4) is 0 Å². The minimum absolute atomic E-state index is 0.128. The van der Waals surface area contributed by atoms with Crippen molar-refractivity contribution < 1.29 is 14.3 Å². The molecule has 102 valence electrons. The second-order valence-corrected chi connectivity index (χ2v) is 4.40. The standard InChI is InChI=1S/C13H13Cl2NO3/c1-19-13(18)7-8-16-12(17)6-5-9-10(14)3-2-4-11(9)15/h2-6H,7-8H2,1H3,(H,16,17)/b6-5+. The third kappa shape index (κ3) is 5.32. The van der Waals surface area contributed by atoms with Crippen molar-refractivity contribution in [2.75, 3.05) is 13.7 Å². The largest absolute Gasteiger partial charge is 0.469 e. The maximum atomic E-state index is 11.5. The number of hydrogen-bond acceptors (Lipinski definition) is 3. The Morgan fingerprint density at radius 2 is 1.95 bits per heavy atom. The Morgan fingerprint density at radius 1 is 1.32 bits per heavy atom. The summed E-state index contributed by atoms with van der Waals surface area (Å²) < 4.78 is 4.45. The zero-order valence-corrected chi connectivity index (χ0v) is 11.8. The predicted molar refractivity (Wildman–Crippen MR) is 75.1 cm³/mol. The fourth-order valence-corrected chi connectivity index (χ4v) is 1.80. The normalized spacial score (nSPS) is 10.5. The van der Waals surface area contributed by atoms with Gasteiger partial charge in [0.05, 0.1) is 13.5 Å². The number of esters is 1. The Labute approximate surface area is 121 Å². The van der Waals surface area contributed by atoms with Crippen LogP contribution < -0.4 is 5.32 Å². The lowest BCUT2D eigenvalue weighted by atomic mass is 10.2. The van der Waals surface area contributed by atoms with Crippen LogP contribution in [0.2, 0.25) is 10.0 Å². The Balaban J connectivity index is 2.52. The summed E-state index contributed by atoms with van der Waals surface area (Å²) in [5.74, 6) is -0.710. The summed E-state index contributed by atoms with van der Waals surface area (Å²) in [6, 6.07) is 5.09. The quantitative estimate of drug-likeness (QED) is 0.672. The molecule has 0 aliphatic rings. The van der Waals surface area contributed by atoms with E-state index in [0.717, 1.165) is 0 Å². The van der Waals surface area contributed by atoms with Gasteiger partial charge in [-0.1, -0.05) is 29.3 Å². The average Bonchev–Trinajstić information content (AvgIpc) is 2.38. The molecule has 0 fully saturated rings. The first-order valence-corrected chi connectivity index (χ1v) is 6.27. The van der Waals surface area contributed by atoms with E-state index in [4.69, 9.17) is 23.2 Å². The number of amides is 1. The Hall–Kier alpha value is -1.52. The summed E-state index contributed by atoms with van der Waals surface area (Å²) in [5, 5.41) is 3.47. The molecule has 1 aromatic carbocycles. The number of benzene rings is 1. The van der Waals surface area contributed by atoms with Gasteiger partial charge in [-0.2, -0.15) is 0 Å². The van der Waals surface area contributed by atoms with Gasteiger partial charge in [0.25, 0.3) is 0 Å². The smallest absolute Gasteiger partial charge is 0.307 e. The molecule has 0 unspecified atom stereocenters. The molecule has 0 aliphatic carbocycles. The van der Waals surface area contributed by atoms with Gasteiger partial charge >= 0.3 is 5.97 Å². The second-order valence-electron chi connectivity index (χ2n) is 3.59. The molecule has 1 amide bonds. The van der Waals surface area contributed by atoms with Gasteiger partial charge in [-0.15, -0.1) is 0 Å². The molecular weight excluding hydrogens is 289 g/mol. The predicted octanol–water partition coefficient (Wildman–Crippen LogP) is 2.69. The van der Waals surface area contributed by atoms with Crippen LogP contribution in [-0.2, 0) is 14.3 Å². The van der Waals surface area contributed by atoms with E-state index >= 15 is 0 Å². The molecule has 1 rings (SSSR count).